The molecule has 3 N–H and O–H groups in total. The van der Waals surface area contributed by atoms with Crippen LogP contribution in [0, 0.1) is 6.92 Å². The molecular formula is C13H22N4O. The van der Waals surface area contributed by atoms with Crippen LogP contribution in [0.2, 0.25) is 0 Å². The van der Waals surface area contributed by atoms with Gasteiger partial charge in [-0.3, -0.25) is 15.6 Å². The highest BCUT2D eigenvalue weighted by molar-refractivity contribution is 5.99. The summed E-state index contributed by atoms with van der Waals surface area (Å²) in [6, 6.07) is 1.76. The van der Waals surface area contributed by atoms with E-state index in [0.29, 0.717) is 11.3 Å². The number of aryl methyl sites for hydroxylation is 1. The van der Waals surface area contributed by atoms with Gasteiger partial charge in [0.2, 0.25) is 0 Å². The third-order valence-corrected chi connectivity index (χ3v) is 3.50. The maximum atomic E-state index is 12.4. The van der Waals surface area contributed by atoms with Gasteiger partial charge in [0.1, 0.15) is 0 Å². The number of hydrogen-bond donors (Lipinski definition) is 2. The van der Waals surface area contributed by atoms with Crippen LogP contribution < -0.4 is 11.3 Å². The second kappa shape index (κ2) is 5.35. The third-order valence-electron chi connectivity index (χ3n) is 3.50. The van der Waals surface area contributed by atoms with Crippen molar-refractivity contribution in [3.8, 4) is 0 Å². The molecule has 0 fully saturated rings. The lowest BCUT2D eigenvalue weighted by Crippen LogP contribution is -2.44. The number of nitrogens with one attached hydrogen (secondary N) is 1. The number of rotatable bonds is 4. The molecule has 0 atom stereocenters. The molecule has 0 unspecified atom stereocenters. The average Bonchev–Trinajstić information content (AvgIpc) is 2.36. The Labute approximate surface area is 108 Å². The van der Waals surface area contributed by atoms with Crippen LogP contribution in [0.15, 0.2) is 12.3 Å². The monoisotopic (exact) mass is 250 g/mol. The summed E-state index contributed by atoms with van der Waals surface area (Å²) >= 11 is 0. The minimum absolute atomic E-state index is 0.0812. The van der Waals surface area contributed by atoms with E-state index in [1.54, 1.807) is 24.2 Å². The van der Waals surface area contributed by atoms with Gasteiger partial charge < -0.3 is 10.3 Å². The van der Waals surface area contributed by atoms with Crippen molar-refractivity contribution in [3.05, 3.63) is 23.5 Å². The summed E-state index contributed by atoms with van der Waals surface area (Å²) in [5.74, 6) is 5.37. The first-order valence-electron chi connectivity index (χ1n) is 6.05. The lowest BCUT2D eigenvalue weighted by atomic mass is 9.99. The first-order valence-corrected chi connectivity index (χ1v) is 6.05. The topological polar surface area (TPSA) is 71.2 Å². The Balaban J connectivity index is 3.11. The maximum Gasteiger partial charge on any atom is 0.257 e. The number of amides is 1. The lowest BCUT2D eigenvalue weighted by molar-refractivity contribution is 0.0621. The smallest absolute Gasteiger partial charge is 0.257 e. The molecule has 1 amide bonds. The third kappa shape index (κ3) is 2.79. The molecule has 1 aromatic heterocycles. The van der Waals surface area contributed by atoms with E-state index >= 15 is 0 Å². The molecule has 1 rings (SSSR count). The molecule has 0 aliphatic carbocycles. The SMILES string of the molecule is CCC(C)(C)N(C)C(=O)c1cnc(C)cc1NN. The van der Waals surface area contributed by atoms with Crippen molar-refractivity contribution >= 4 is 11.6 Å². The predicted molar refractivity (Wildman–Crippen MR) is 73.2 cm³/mol. The van der Waals surface area contributed by atoms with E-state index in [1.807, 2.05) is 20.8 Å². The molecule has 100 valence electrons. The number of pyridine rings is 1. The molecule has 0 radical (unpaired) electrons. The highest BCUT2D eigenvalue weighted by Gasteiger charge is 2.27. The van der Waals surface area contributed by atoms with Crippen LogP contribution in [0.3, 0.4) is 0 Å². The van der Waals surface area contributed by atoms with Gasteiger partial charge in [0.25, 0.3) is 5.91 Å². The lowest BCUT2D eigenvalue weighted by Gasteiger charge is -2.35. The summed E-state index contributed by atoms with van der Waals surface area (Å²) in [6.45, 7) is 7.97. The van der Waals surface area contributed by atoms with Gasteiger partial charge in [0.05, 0.1) is 11.3 Å². The van der Waals surface area contributed by atoms with Gasteiger partial charge in [0.15, 0.2) is 0 Å². The number of nitrogens with zero attached hydrogens (tertiary/aromatic N) is 2. The summed E-state index contributed by atoms with van der Waals surface area (Å²) < 4.78 is 0. The number of anilines is 1. The quantitative estimate of drug-likeness (QED) is 0.633. The fourth-order valence-corrected chi connectivity index (χ4v) is 1.54. The molecule has 0 aliphatic heterocycles. The molecule has 5 heteroatoms. The van der Waals surface area contributed by atoms with E-state index in [4.69, 9.17) is 5.84 Å². The number of carbonyl (C=O) groups is 1. The molecule has 5 nitrogen and oxygen atoms in total. The summed E-state index contributed by atoms with van der Waals surface area (Å²) in [5, 5.41) is 0. The van der Waals surface area contributed by atoms with Crippen molar-refractivity contribution in [2.75, 3.05) is 12.5 Å². The fraction of sp³-hybridized carbons (Fsp3) is 0.538. The Morgan fingerprint density at radius 1 is 1.56 bits per heavy atom. The summed E-state index contributed by atoms with van der Waals surface area (Å²) in [6.07, 6.45) is 2.44. The van der Waals surface area contributed by atoms with E-state index in [1.165, 1.54) is 0 Å². The van der Waals surface area contributed by atoms with E-state index in [0.717, 1.165) is 12.1 Å². The highest BCUT2D eigenvalue weighted by Crippen LogP contribution is 2.22. The van der Waals surface area contributed by atoms with Crippen LogP contribution in [0.5, 0.6) is 0 Å². The molecule has 0 bridgehead atoms. The van der Waals surface area contributed by atoms with Crippen molar-refractivity contribution in [1.82, 2.24) is 9.88 Å². The number of hydrogen-bond acceptors (Lipinski definition) is 4. The number of aromatic nitrogens is 1. The van der Waals surface area contributed by atoms with Gasteiger partial charge in [-0.25, -0.2) is 0 Å². The van der Waals surface area contributed by atoms with Crippen LogP contribution in [-0.2, 0) is 0 Å². The number of hydrazine groups is 1. The summed E-state index contributed by atoms with van der Waals surface area (Å²) in [4.78, 5) is 18.3. The molecule has 1 aromatic rings. The molecule has 0 aromatic carbocycles. The van der Waals surface area contributed by atoms with Crippen LogP contribution in [0.1, 0.15) is 43.2 Å². The molecule has 0 saturated carbocycles. The van der Waals surface area contributed by atoms with Crippen LogP contribution in [-0.4, -0.2) is 28.4 Å². The minimum atomic E-state index is -0.201. The maximum absolute atomic E-state index is 12.4. The van der Waals surface area contributed by atoms with Gasteiger partial charge in [-0.05, 0) is 33.3 Å². The first-order chi connectivity index (χ1) is 8.33. The minimum Gasteiger partial charge on any atom is -0.336 e. The van der Waals surface area contributed by atoms with E-state index < -0.39 is 0 Å². The van der Waals surface area contributed by atoms with Crippen molar-refractivity contribution in [2.24, 2.45) is 5.84 Å². The Morgan fingerprint density at radius 2 is 2.17 bits per heavy atom. The van der Waals surface area contributed by atoms with Crippen LogP contribution in [0.25, 0.3) is 0 Å². The Kier molecular flexibility index (Phi) is 4.29. The number of carbonyl (C=O) groups excluding carboxylic acids is 1. The van der Waals surface area contributed by atoms with E-state index in [2.05, 4.69) is 17.3 Å². The Morgan fingerprint density at radius 3 is 2.67 bits per heavy atom. The number of nitrogens with two attached hydrogens (primary N) is 1. The Bertz CT molecular complexity index is 443. The van der Waals surface area contributed by atoms with Crippen molar-refractivity contribution < 1.29 is 4.79 Å². The fourth-order valence-electron chi connectivity index (χ4n) is 1.54. The van der Waals surface area contributed by atoms with Crippen molar-refractivity contribution in [2.45, 2.75) is 39.7 Å². The van der Waals surface area contributed by atoms with Crippen LogP contribution >= 0.6 is 0 Å². The molecule has 18 heavy (non-hydrogen) atoms. The molecule has 0 saturated heterocycles. The van der Waals surface area contributed by atoms with Crippen molar-refractivity contribution in [1.29, 1.82) is 0 Å². The zero-order valence-corrected chi connectivity index (χ0v) is 11.7. The molecular weight excluding hydrogens is 228 g/mol. The van der Waals surface area contributed by atoms with Gasteiger partial charge in [-0.1, -0.05) is 6.92 Å². The average molecular weight is 250 g/mol. The summed E-state index contributed by atoms with van der Waals surface area (Å²) in [5.41, 5.74) is 4.27. The number of nitrogen functional groups attached to an aromatic ring is 1. The standard InChI is InChI=1S/C13H22N4O/c1-6-13(3,4)17(5)12(18)10-8-15-9(2)7-11(10)16-14/h7-8H,6,14H2,1-5H3,(H,15,16). The normalized spacial score (nSPS) is 11.2. The van der Waals surface area contributed by atoms with Gasteiger partial charge >= 0.3 is 0 Å². The summed E-state index contributed by atoms with van der Waals surface area (Å²) in [7, 11) is 1.80. The van der Waals surface area contributed by atoms with E-state index in [-0.39, 0.29) is 11.4 Å². The second-order valence-corrected chi connectivity index (χ2v) is 5.05. The van der Waals surface area contributed by atoms with Crippen molar-refractivity contribution in [3.63, 3.8) is 0 Å². The predicted octanol–water partition coefficient (Wildman–Crippen LogP) is 1.94. The van der Waals surface area contributed by atoms with Gasteiger partial charge in [0, 0.05) is 24.5 Å². The molecule has 0 spiro atoms. The second-order valence-electron chi connectivity index (χ2n) is 5.05. The van der Waals surface area contributed by atoms with Gasteiger partial charge in [-0.15, -0.1) is 0 Å². The Hall–Kier alpha value is -1.62. The first kappa shape index (κ1) is 14.4. The zero-order valence-electron chi connectivity index (χ0n) is 11.7. The zero-order chi connectivity index (χ0) is 13.9. The van der Waals surface area contributed by atoms with Crippen LogP contribution in [0.4, 0.5) is 5.69 Å². The van der Waals surface area contributed by atoms with Gasteiger partial charge in [-0.2, -0.15) is 0 Å². The largest absolute Gasteiger partial charge is 0.336 e. The van der Waals surface area contributed by atoms with E-state index in [9.17, 15) is 4.79 Å². The molecule has 1 heterocycles. The highest BCUT2D eigenvalue weighted by atomic mass is 16.2. The molecule has 0 aliphatic rings.